The van der Waals surface area contributed by atoms with Crippen LogP contribution < -0.4 is 5.73 Å². The van der Waals surface area contributed by atoms with Crippen LogP contribution in [0.2, 0.25) is 5.02 Å². The lowest BCUT2D eigenvalue weighted by Gasteiger charge is -2.14. The lowest BCUT2D eigenvalue weighted by molar-refractivity contribution is 0.904. The van der Waals surface area contributed by atoms with E-state index in [0.29, 0.717) is 0 Å². The molecule has 1 nitrogen and oxygen atoms in total. The SMILES string of the molecule is NC(c1sccc1Cl)c1cccc2ccccc12. The second-order valence-electron chi connectivity index (χ2n) is 4.18. The van der Waals surface area contributed by atoms with Crippen molar-refractivity contribution < 1.29 is 0 Å². The fraction of sp³-hybridized carbons (Fsp3) is 0.0667. The molecule has 0 saturated heterocycles. The molecule has 0 aliphatic carbocycles. The molecule has 3 heteroatoms. The van der Waals surface area contributed by atoms with Crippen molar-refractivity contribution in [3.8, 4) is 0 Å². The molecule has 3 aromatic rings. The molecule has 0 radical (unpaired) electrons. The van der Waals surface area contributed by atoms with Gasteiger partial charge in [-0.05, 0) is 27.8 Å². The molecule has 3 rings (SSSR count). The van der Waals surface area contributed by atoms with E-state index >= 15 is 0 Å². The van der Waals surface area contributed by atoms with Gasteiger partial charge in [-0.3, -0.25) is 0 Å². The molecular formula is C15H12ClNS. The van der Waals surface area contributed by atoms with E-state index in [0.717, 1.165) is 15.5 Å². The van der Waals surface area contributed by atoms with Gasteiger partial charge in [-0.1, -0.05) is 54.1 Å². The zero-order valence-corrected chi connectivity index (χ0v) is 11.2. The van der Waals surface area contributed by atoms with Crippen molar-refractivity contribution in [2.24, 2.45) is 5.73 Å². The van der Waals surface area contributed by atoms with Gasteiger partial charge < -0.3 is 5.73 Å². The molecule has 2 aromatic carbocycles. The summed E-state index contributed by atoms with van der Waals surface area (Å²) in [6.07, 6.45) is 0. The van der Waals surface area contributed by atoms with Crippen LogP contribution in [-0.4, -0.2) is 0 Å². The Kier molecular flexibility index (Phi) is 3.08. The van der Waals surface area contributed by atoms with E-state index < -0.39 is 0 Å². The first-order valence-corrected chi connectivity index (χ1v) is 6.99. The average molecular weight is 274 g/mol. The summed E-state index contributed by atoms with van der Waals surface area (Å²) in [6.45, 7) is 0. The maximum absolute atomic E-state index is 6.35. The van der Waals surface area contributed by atoms with Crippen LogP contribution in [0.1, 0.15) is 16.5 Å². The van der Waals surface area contributed by atoms with E-state index in [-0.39, 0.29) is 6.04 Å². The van der Waals surface area contributed by atoms with Crippen molar-refractivity contribution in [1.29, 1.82) is 0 Å². The van der Waals surface area contributed by atoms with Crippen LogP contribution in [0.15, 0.2) is 53.9 Å². The first-order valence-electron chi connectivity index (χ1n) is 5.73. The Morgan fingerprint density at radius 1 is 1.00 bits per heavy atom. The maximum atomic E-state index is 6.35. The molecule has 0 spiro atoms. The van der Waals surface area contributed by atoms with E-state index in [1.54, 1.807) is 11.3 Å². The number of rotatable bonds is 2. The second kappa shape index (κ2) is 4.73. The number of nitrogens with two attached hydrogens (primary N) is 1. The Labute approximate surface area is 115 Å². The van der Waals surface area contributed by atoms with Gasteiger partial charge >= 0.3 is 0 Å². The van der Waals surface area contributed by atoms with Gasteiger partial charge in [0.2, 0.25) is 0 Å². The predicted molar refractivity (Wildman–Crippen MR) is 79.3 cm³/mol. The number of fused-ring (bicyclic) bond motifs is 1. The largest absolute Gasteiger partial charge is 0.320 e. The molecule has 0 amide bonds. The van der Waals surface area contributed by atoms with Crippen LogP contribution >= 0.6 is 22.9 Å². The summed E-state index contributed by atoms with van der Waals surface area (Å²) in [4.78, 5) is 1.02. The minimum atomic E-state index is -0.163. The average Bonchev–Trinajstić information content (AvgIpc) is 2.83. The summed E-state index contributed by atoms with van der Waals surface area (Å²) < 4.78 is 0. The van der Waals surface area contributed by atoms with Crippen molar-refractivity contribution in [1.82, 2.24) is 0 Å². The van der Waals surface area contributed by atoms with Gasteiger partial charge in [-0.2, -0.15) is 0 Å². The summed E-state index contributed by atoms with van der Waals surface area (Å²) in [7, 11) is 0. The molecule has 0 bridgehead atoms. The summed E-state index contributed by atoms with van der Waals surface area (Å²) in [5.74, 6) is 0. The minimum absolute atomic E-state index is 0.163. The van der Waals surface area contributed by atoms with Gasteiger partial charge in [0.05, 0.1) is 11.1 Å². The van der Waals surface area contributed by atoms with E-state index in [4.69, 9.17) is 17.3 Å². The highest BCUT2D eigenvalue weighted by molar-refractivity contribution is 7.10. The minimum Gasteiger partial charge on any atom is -0.320 e. The molecule has 90 valence electrons. The van der Waals surface area contributed by atoms with Crippen molar-refractivity contribution in [2.45, 2.75) is 6.04 Å². The van der Waals surface area contributed by atoms with Crippen molar-refractivity contribution in [3.05, 3.63) is 69.4 Å². The zero-order chi connectivity index (χ0) is 12.5. The third-order valence-corrected chi connectivity index (χ3v) is 4.53. The zero-order valence-electron chi connectivity index (χ0n) is 9.64. The summed E-state index contributed by atoms with van der Waals surface area (Å²) >= 11 is 7.77. The Bertz CT molecular complexity index is 684. The highest BCUT2D eigenvalue weighted by atomic mass is 35.5. The van der Waals surface area contributed by atoms with Crippen LogP contribution in [-0.2, 0) is 0 Å². The fourth-order valence-electron chi connectivity index (χ4n) is 2.19. The van der Waals surface area contributed by atoms with Crippen molar-refractivity contribution in [2.75, 3.05) is 0 Å². The van der Waals surface area contributed by atoms with Gasteiger partial charge in [-0.25, -0.2) is 0 Å². The third-order valence-electron chi connectivity index (χ3n) is 3.09. The van der Waals surface area contributed by atoms with Gasteiger partial charge in [0.15, 0.2) is 0 Å². The normalized spacial score (nSPS) is 12.8. The predicted octanol–water partition coefficient (Wildman–Crippen LogP) is 4.60. The molecule has 1 aromatic heterocycles. The van der Waals surface area contributed by atoms with E-state index in [2.05, 4.69) is 24.3 Å². The molecule has 0 fully saturated rings. The number of benzene rings is 2. The number of thiophene rings is 1. The second-order valence-corrected chi connectivity index (χ2v) is 5.53. The molecule has 1 atom stereocenters. The molecule has 2 N–H and O–H groups in total. The summed E-state index contributed by atoms with van der Waals surface area (Å²) in [6, 6.07) is 16.2. The van der Waals surface area contributed by atoms with Gasteiger partial charge in [-0.15, -0.1) is 11.3 Å². The molecule has 1 heterocycles. The molecule has 1 unspecified atom stereocenters. The Balaban J connectivity index is 2.18. The van der Waals surface area contributed by atoms with Gasteiger partial charge in [0, 0.05) is 4.88 Å². The van der Waals surface area contributed by atoms with Gasteiger partial charge in [0.1, 0.15) is 0 Å². The van der Waals surface area contributed by atoms with Crippen LogP contribution in [0.5, 0.6) is 0 Å². The van der Waals surface area contributed by atoms with Crippen LogP contribution in [0.25, 0.3) is 10.8 Å². The van der Waals surface area contributed by atoms with E-state index in [9.17, 15) is 0 Å². The lowest BCUT2D eigenvalue weighted by Crippen LogP contribution is -2.11. The molecule has 0 aliphatic heterocycles. The Morgan fingerprint density at radius 3 is 2.56 bits per heavy atom. The Morgan fingerprint density at radius 2 is 1.78 bits per heavy atom. The first kappa shape index (κ1) is 11.7. The molecule has 18 heavy (non-hydrogen) atoms. The number of halogens is 1. The monoisotopic (exact) mass is 273 g/mol. The highest BCUT2D eigenvalue weighted by Gasteiger charge is 2.15. The van der Waals surface area contributed by atoms with Crippen molar-refractivity contribution in [3.63, 3.8) is 0 Å². The van der Waals surface area contributed by atoms with Crippen molar-refractivity contribution >= 4 is 33.7 Å². The fourth-order valence-corrected chi connectivity index (χ4v) is 3.38. The maximum Gasteiger partial charge on any atom is 0.0667 e. The van der Waals surface area contributed by atoms with Gasteiger partial charge in [0.25, 0.3) is 0 Å². The number of hydrogen-bond acceptors (Lipinski definition) is 2. The molecule has 0 aliphatic rings. The quantitative estimate of drug-likeness (QED) is 0.725. The molecular weight excluding hydrogens is 262 g/mol. The van der Waals surface area contributed by atoms with Crippen LogP contribution in [0.3, 0.4) is 0 Å². The molecule has 0 saturated carbocycles. The lowest BCUT2D eigenvalue weighted by atomic mass is 9.98. The highest BCUT2D eigenvalue weighted by Crippen LogP contribution is 2.34. The van der Waals surface area contributed by atoms with E-state index in [1.165, 1.54) is 10.8 Å². The summed E-state index contributed by atoms with van der Waals surface area (Å²) in [5.41, 5.74) is 7.48. The topological polar surface area (TPSA) is 26.0 Å². The Hall–Kier alpha value is -1.35. The van der Waals surface area contributed by atoms with Crippen LogP contribution in [0.4, 0.5) is 0 Å². The standard InChI is InChI=1S/C15H12ClNS/c16-13-8-9-18-15(13)14(17)12-7-3-5-10-4-1-2-6-11(10)12/h1-9,14H,17H2. The van der Waals surface area contributed by atoms with Crippen LogP contribution in [0, 0.1) is 0 Å². The smallest absolute Gasteiger partial charge is 0.0667 e. The van der Waals surface area contributed by atoms with E-state index in [1.807, 2.05) is 29.6 Å². The number of hydrogen-bond donors (Lipinski definition) is 1. The summed E-state index contributed by atoms with van der Waals surface area (Å²) in [5, 5.41) is 5.12. The third kappa shape index (κ3) is 1.93. The first-order chi connectivity index (χ1) is 8.77.